The Kier molecular flexibility index (Phi) is 7.37. The fourth-order valence-corrected chi connectivity index (χ4v) is 2.09. The van der Waals surface area contributed by atoms with Crippen LogP contribution in [0.5, 0.6) is 5.75 Å². The number of benzene rings is 2. The number of hydrogen-bond donors (Lipinski definition) is 2. The van der Waals surface area contributed by atoms with Crippen molar-refractivity contribution in [3.05, 3.63) is 63.9 Å². The summed E-state index contributed by atoms with van der Waals surface area (Å²) in [6, 6.07) is 10.7. The minimum Gasteiger partial charge on any atom is -0.484 e. The van der Waals surface area contributed by atoms with Gasteiger partial charge in [-0.1, -0.05) is 29.3 Å². The molecule has 6 nitrogen and oxygen atoms in total. The number of hydrogen-bond acceptors (Lipinski definition) is 4. The van der Waals surface area contributed by atoms with Crippen LogP contribution in [-0.4, -0.2) is 31.2 Å². The number of amides is 2. The quantitative estimate of drug-likeness (QED) is 0.556. The molecule has 9 heteroatoms. The minimum atomic E-state index is -0.589. The van der Waals surface area contributed by atoms with E-state index in [2.05, 4.69) is 15.8 Å². The first-order valence-electron chi connectivity index (χ1n) is 7.36. The van der Waals surface area contributed by atoms with Gasteiger partial charge in [-0.05, 0) is 36.4 Å². The molecule has 0 spiro atoms. The maximum atomic E-state index is 13.5. The van der Waals surface area contributed by atoms with E-state index in [-0.39, 0.29) is 23.7 Å². The lowest BCUT2D eigenvalue weighted by atomic mass is 10.2. The Morgan fingerprint density at radius 1 is 1.12 bits per heavy atom. The molecule has 0 aliphatic rings. The van der Waals surface area contributed by atoms with E-state index in [1.54, 1.807) is 24.3 Å². The summed E-state index contributed by atoms with van der Waals surface area (Å²) in [4.78, 5) is 23.2. The third-order valence-electron chi connectivity index (χ3n) is 3.01. The Morgan fingerprint density at radius 2 is 1.85 bits per heavy atom. The van der Waals surface area contributed by atoms with Crippen LogP contribution in [0, 0.1) is 5.82 Å². The molecule has 0 fully saturated rings. The smallest absolute Gasteiger partial charge is 0.259 e. The van der Waals surface area contributed by atoms with Gasteiger partial charge in [0.1, 0.15) is 11.6 Å². The SMILES string of the molecule is O=C(COc1ccc(Cl)cc1)NCC(=O)N/N=C/c1c(F)cccc1Cl. The van der Waals surface area contributed by atoms with E-state index in [1.807, 2.05) is 0 Å². The average Bonchev–Trinajstić information content (AvgIpc) is 2.62. The van der Waals surface area contributed by atoms with Crippen molar-refractivity contribution in [2.24, 2.45) is 5.10 Å². The van der Waals surface area contributed by atoms with Gasteiger partial charge in [0, 0.05) is 10.6 Å². The largest absolute Gasteiger partial charge is 0.484 e. The predicted octanol–water partition coefficient (Wildman–Crippen LogP) is 2.78. The Balaban J connectivity index is 1.71. The average molecular weight is 398 g/mol. The van der Waals surface area contributed by atoms with E-state index in [1.165, 1.54) is 18.2 Å². The normalized spacial score (nSPS) is 10.6. The molecule has 26 heavy (non-hydrogen) atoms. The van der Waals surface area contributed by atoms with Gasteiger partial charge < -0.3 is 10.1 Å². The minimum absolute atomic E-state index is 0.0508. The van der Waals surface area contributed by atoms with Crippen LogP contribution in [0.15, 0.2) is 47.6 Å². The number of carbonyl (C=O) groups excluding carboxylic acids is 2. The molecule has 2 rings (SSSR count). The summed E-state index contributed by atoms with van der Waals surface area (Å²) < 4.78 is 18.7. The number of carbonyl (C=O) groups is 2. The molecule has 0 radical (unpaired) electrons. The summed E-state index contributed by atoms with van der Waals surface area (Å²) in [7, 11) is 0. The summed E-state index contributed by atoms with van der Waals surface area (Å²) in [6.07, 6.45) is 1.08. The van der Waals surface area contributed by atoms with Gasteiger partial charge in [0.15, 0.2) is 6.61 Å². The highest BCUT2D eigenvalue weighted by Gasteiger charge is 2.07. The highest BCUT2D eigenvalue weighted by atomic mass is 35.5. The fraction of sp³-hybridized carbons (Fsp3) is 0.118. The third-order valence-corrected chi connectivity index (χ3v) is 3.59. The van der Waals surface area contributed by atoms with E-state index in [9.17, 15) is 14.0 Å². The molecule has 0 heterocycles. The third kappa shape index (κ3) is 6.34. The zero-order chi connectivity index (χ0) is 18.9. The molecule has 2 aromatic rings. The molecule has 2 aromatic carbocycles. The van der Waals surface area contributed by atoms with Crippen LogP contribution in [0.4, 0.5) is 4.39 Å². The molecule has 0 aliphatic carbocycles. The molecular formula is C17H14Cl2FN3O3. The number of nitrogens with zero attached hydrogens (tertiary/aromatic N) is 1. The predicted molar refractivity (Wildman–Crippen MR) is 97.1 cm³/mol. The first kappa shape index (κ1) is 19.7. The summed E-state index contributed by atoms with van der Waals surface area (Å²) in [5, 5.41) is 6.67. The van der Waals surface area contributed by atoms with Crippen molar-refractivity contribution in [3.8, 4) is 5.75 Å². The van der Waals surface area contributed by atoms with E-state index in [4.69, 9.17) is 27.9 Å². The number of nitrogens with one attached hydrogen (secondary N) is 2. The van der Waals surface area contributed by atoms with Crippen molar-refractivity contribution in [3.63, 3.8) is 0 Å². The van der Waals surface area contributed by atoms with Crippen molar-refractivity contribution < 1.29 is 18.7 Å². The summed E-state index contributed by atoms with van der Waals surface area (Å²) >= 11 is 11.6. The second-order valence-electron chi connectivity index (χ2n) is 4.95. The van der Waals surface area contributed by atoms with Gasteiger partial charge in [-0.2, -0.15) is 5.10 Å². The lowest BCUT2D eigenvalue weighted by Gasteiger charge is -2.07. The van der Waals surface area contributed by atoms with E-state index >= 15 is 0 Å². The molecule has 0 bridgehead atoms. The van der Waals surface area contributed by atoms with Crippen LogP contribution in [0.3, 0.4) is 0 Å². The van der Waals surface area contributed by atoms with Crippen LogP contribution in [0.1, 0.15) is 5.56 Å². The van der Waals surface area contributed by atoms with Gasteiger partial charge in [-0.3, -0.25) is 9.59 Å². The number of halogens is 3. The van der Waals surface area contributed by atoms with E-state index < -0.39 is 17.6 Å². The van der Waals surface area contributed by atoms with Crippen molar-refractivity contribution in [2.45, 2.75) is 0 Å². The Labute approximate surface area is 158 Å². The topological polar surface area (TPSA) is 79.8 Å². The van der Waals surface area contributed by atoms with Crippen LogP contribution < -0.4 is 15.5 Å². The van der Waals surface area contributed by atoms with Crippen LogP contribution >= 0.6 is 23.2 Å². The van der Waals surface area contributed by atoms with Gasteiger partial charge >= 0.3 is 0 Å². The number of hydrazone groups is 1. The van der Waals surface area contributed by atoms with E-state index in [0.717, 1.165) is 6.21 Å². The maximum absolute atomic E-state index is 13.5. The number of rotatable bonds is 7. The zero-order valence-electron chi connectivity index (χ0n) is 13.3. The van der Waals surface area contributed by atoms with Crippen molar-refractivity contribution >= 4 is 41.2 Å². The highest BCUT2D eigenvalue weighted by Crippen LogP contribution is 2.16. The number of ether oxygens (including phenoxy) is 1. The van der Waals surface area contributed by atoms with Crippen LogP contribution in [0.25, 0.3) is 0 Å². The van der Waals surface area contributed by atoms with Gasteiger partial charge in [0.25, 0.3) is 11.8 Å². The second-order valence-corrected chi connectivity index (χ2v) is 5.79. The molecule has 0 unspecified atom stereocenters. The summed E-state index contributed by atoms with van der Waals surface area (Å²) in [5.74, 6) is -1.17. The molecule has 2 amide bonds. The lowest BCUT2D eigenvalue weighted by molar-refractivity contribution is -0.127. The van der Waals surface area contributed by atoms with Crippen molar-refractivity contribution in [1.82, 2.24) is 10.7 Å². The van der Waals surface area contributed by atoms with Crippen molar-refractivity contribution in [2.75, 3.05) is 13.2 Å². The molecule has 2 N–H and O–H groups in total. The van der Waals surface area contributed by atoms with Gasteiger partial charge in [0.05, 0.1) is 17.8 Å². The van der Waals surface area contributed by atoms with Gasteiger partial charge in [-0.15, -0.1) is 0 Å². The Morgan fingerprint density at radius 3 is 2.54 bits per heavy atom. The Hall–Kier alpha value is -2.64. The first-order valence-corrected chi connectivity index (χ1v) is 8.12. The highest BCUT2D eigenvalue weighted by molar-refractivity contribution is 6.33. The maximum Gasteiger partial charge on any atom is 0.259 e. The van der Waals surface area contributed by atoms with Gasteiger partial charge in [0.2, 0.25) is 0 Å². The molecule has 0 saturated heterocycles. The summed E-state index contributed by atoms with van der Waals surface area (Å²) in [5.41, 5.74) is 2.21. The zero-order valence-corrected chi connectivity index (χ0v) is 14.9. The van der Waals surface area contributed by atoms with Crippen LogP contribution in [-0.2, 0) is 9.59 Å². The summed E-state index contributed by atoms with van der Waals surface area (Å²) in [6.45, 7) is -0.575. The molecule has 0 saturated carbocycles. The van der Waals surface area contributed by atoms with Crippen molar-refractivity contribution in [1.29, 1.82) is 0 Å². The molecule has 136 valence electrons. The molecule has 0 aliphatic heterocycles. The van der Waals surface area contributed by atoms with Crippen LogP contribution in [0.2, 0.25) is 10.0 Å². The molecular weight excluding hydrogens is 384 g/mol. The standard InChI is InChI=1S/C17H14Cl2FN3O3/c18-11-4-6-12(7-5-11)26-10-17(25)21-9-16(24)23-22-8-13-14(19)2-1-3-15(13)20/h1-8H,9-10H2,(H,21,25)(H,23,24)/b22-8+. The second kappa shape index (κ2) is 9.74. The van der Waals surface area contributed by atoms with E-state index in [0.29, 0.717) is 10.8 Å². The molecule has 0 aromatic heterocycles. The molecule has 0 atom stereocenters. The lowest BCUT2D eigenvalue weighted by Crippen LogP contribution is -2.37. The fourth-order valence-electron chi connectivity index (χ4n) is 1.75. The Bertz CT molecular complexity index is 793. The first-order chi connectivity index (χ1) is 12.5. The monoisotopic (exact) mass is 397 g/mol. The van der Waals surface area contributed by atoms with Gasteiger partial charge in [-0.25, -0.2) is 9.82 Å².